The molecule has 0 bridgehead atoms. The average Bonchev–Trinajstić information content (AvgIpc) is 2.25. The number of rotatable bonds is 5. The van der Waals surface area contributed by atoms with E-state index >= 15 is 0 Å². The molecule has 2 nitrogen and oxygen atoms in total. The molecule has 1 aromatic rings. The number of aldehydes is 1. The van der Waals surface area contributed by atoms with Crippen LogP contribution in [0.25, 0.3) is 0 Å². The standard InChI is InChI=1S/C12H15ClO2/c1-3-11-9(5-4-6-14)7-10(13)8-12(11)15-2/h6-8H,3-5H2,1-2H3. The fraction of sp³-hybridized carbons (Fsp3) is 0.417. The lowest BCUT2D eigenvalue weighted by atomic mass is 10.00. The van der Waals surface area contributed by atoms with Gasteiger partial charge in [-0.3, -0.25) is 0 Å². The first-order valence-corrected chi connectivity index (χ1v) is 5.39. The van der Waals surface area contributed by atoms with Crippen molar-refractivity contribution in [2.45, 2.75) is 26.2 Å². The van der Waals surface area contributed by atoms with Crippen LogP contribution in [0.1, 0.15) is 24.5 Å². The molecular weight excluding hydrogens is 212 g/mol. The van der Waals surface area contributed by atoms with Crippen molar-refractivity contribution in [3.8, 4) is 5.75 Å². The summed E-state index contributed by atoms with van der Waals surface area (Å²) in [6, 6.07) is 3.72. The van der Waals surface area contributed by atoms with E-state index in [1.807, 2.05) is 12.1 Å². The molecule has 0 radical (unpaired) electrons. The van der Waals surface area contributed by atoms with E-state index < -0.39 is 0 Å². The van der Waals surface area contributed by atoms with E-state index in [0.29, 0.717) is 11.4 Å². The van der Waals surface area contributed by atoms with Crippen molar-refractivity contribution in [2.75, 3.05) is 7.11 Å². The number of halogens is 1. The largest absolute Gasteiger partial charge is 0.496 e. The second-order valence-corrected chi connectivity index (χ2v) is 3.74. The fourth-order valence-corrected chi connectivity index (χ4v) is 1.92. The quantitative estimate of drug-likeness (QED) is 0.722. The smallest absolute Gasteiger partial charge is 0.123 e. The van der Waals surface area contributed by atoms with Crippen LogP contribution < -0.4 is 4.74 Å². The highest BCUT2D eigenvalue weighted by molar-refractivity contribution is 6.30. The Labute approximate surface area is 95.2 Å². The highest BCUT2D eigenvalue weighted by Gasteiger charge is 2.09. The van der Waals surface area contributed by atoms with Gasteiger partial charge in [0.25, 0.3) is 0 Å². The van der Waals surface area contributed by atoms with Gasteiger partial charge in [-0.1, -0.05) is 18.5 Å². The van der Waals surface area contributed by atoms with Gasteiger partial charge in [0.2, 0.25) is 0 Å². The number of ether oxygens (including phenoxy) is 1. The van der Waals surface area contributed by atoms with Crippen LogP contribution in [0.5, 0.6) is 5.75 Å². The van der Waals surface area contributed by atoms with Crippen LogP contribution in [0.2, 0.25) is 5.02 Å². The van der Waals surface area contributed by atoms with Gasteiger partial charge in [-0.2, -0.15) is 0 Å². The summed E-state index contributed by atoms with van der Waals surface area (Å²) < 4.78 is 5.26. The van der Waals surface area contributed by atoms with Crippen LogP contribution in [-0.4, -0.2) is 13.4 Å². The maximum absolute atomic E-state index is 10.4. The molecule has 0 aliphatic rings. The zero-order valence-electron chi connectivity index (χ0n) is 9.05. The summed E-state index contributed by atoms with van der Waals surface area (Å²) in [4.78, 5) is 10.4. The summed E-state index contributed by atoms with van der Waals surface area (Å²) in [5.74, 6) is 0.811. The Hall–Kier alpha value is -1.02. The molecule has 0 amide bonds. The van der Waals surface area contributed by atoms with E-state index in [9.17, 15) is 4.79 Å². The molecule has 0 aliphatic heterocycles. The predicted molar refractivity (Wildman–Crippen MR) is 61.8 cm³/mol. The van der Waals surface area contributed by atoms with Gasteiger partial charge in [0.1, 0.15) is 12.0 Å². The van der Waals surface area contributed by atoms with Gasteiger partial charge in [0, 0.05) is 11.4 Å². The maximum atomic E-state index is 10.4. The molecule has 0 N–H and O–H groups in total. The first kappa shape index (κ1) is 12.1. The summed E-state index contributed by atoms with van der Waals surface area (Å²) in [5, 5.41) is 0.657. The topological polar surface area (TPSA) is 26.3 Å². The SMILES string of the molecule is CCc1c(CCC=O)cc(Cl)cc1OC. The lowest BCUT2D eigenvalue weighted by molar-refractivity contribution is -0.107. The molecule has 0 heterocycles. The molecule has 1 aromatic carbocycles. The van der Waals surface area contributed by atoms with E-state index in [0.717, 1.165) is 36.0 Å². The third kappa shape index (κ3) is 2.96. The van der Waals surface area contributed by atoms with E-state index in [-0.39, 0.29) is 0 Å². The normalized spacial score (nSPS) is 10.1. The zero-order valence-corrected chi connectivity index (χ0v) is 9.80. The molecule has 0 fully saturated rings. The van der Waals surface area contributed by atoms with E-state index in [1.54, 1.807) is 7.11 Å². The zero-order chi connectivity index (χ0) is 11.3. The average molecular weight is 227 g/mol. The number of benzene rings is 1. The fourth-order valence-electron chi connectivity index (χ4n) is 1.69. The van der Waals surface area contributed by atoms with E-state index in [1.165, 1.54) is 0 Å². The van der Waals surface area contributed by atoms with Gasteiger partial charge in [-0.15, -0.1) is 0 Å². The van der Waals surface area contributed by atoms with E-state index in [2.05, 4.69) is 6.92 Å². The highest BCUT2D eigenvalue weighted by atomic mass is 35.5. The lowest BCUT2D eigenvalue weighted by Gasteiger charge is -2.12. The Kier molecular flexibility index (Phi) is 4.63. The molecule has 82 valence electrons. The Balaban J connectivity index is 3.10. The molecular formula is C12H15ClO2. The number of hydrogen-bond acceptors (Lipinski definition) is 2. The molecule has 15 heavy (non-hydrogen) atoms. The highest BCUT2D eigenvalue weighted by Crippen LogP contribution is 2.28. The van der Waals surface area contributed by atoms with Crippen molar-refractivity contribution < 1.29 is 9.53 Å². The summed E-state index contributed by atoms with van der Waals surface area (Å²) >= 11 is 5.97. The van der Waals surface area contributed by atoms with Gasteiger partial charge in [-0.25, -0.2) is 0 Å². The third-order valence-corrected chi connectivity index (χ3v) is 2.59. The van der Waals surface area contributed by atoms with Crippen molar-refractivity contribution in [1.29, 1.82) is 0 Å². The van der Waals surface area contributed by atoms with Crippen LogP contribution in [0.15, 0.2) is 12.1 Å². The molecule has 1 rings (SSSR count). The molecule has 0 saturated heterocycles. The molecule has 0 spiro atoms. The molecule has 3 heteroatoms. The summed E-state index contributed by atoms with van der Waals surface area (Å²) in [6.45, 7) is 2.07. The van der Waals surface area contributed by atoms with Gasteiger partial charge >= 0.3 is 0 Å². The van der Waals surface area contributed by atoms with Crippen LogP contribution in [0, 0.1) is 0 Å². The minimum Gasteiger partial charge on any atom is -0.496 e. The molecule has 0 saturated carbocycles. The van der Waals surface area contributed by atoms with Crippen LogP contribution in [0.4, 0.5) is 0 Å². The summed E-state index contributed by atoms with van der Waals surface area (Å²) in [5.41, 5.74) is 2.25. The summed E-state index contributed by atoms with van der Waals surface area (Å²) in [6.07, 6.45) is 3.06. The van der Waals surface area contributed by atoms with Gasteiger partial charge in [0.15, 0.2) is 0 Å². The first-order chi connectivity index (χ1) is 7.22. The second kappa shape index (κ2) is 5.76. The van der Waals surface area contributed by atoms with E-state index in [4.69, 9.17) is 16.3 Å². The molecule has 0 unspecified atom stereocenters. The number of carbonyl (C=O) groups is 1. The van der Waals surface area contributed by atoms with Gasteiger partial charge in [0.05, 0.1) is 7.11 Å². The molecule has 0 atom stereocenters. The number of aryl methyl sites for hydroxylation is 1. The minimum atomic E-state index is 0.524. The third-order valence-electron chi connectivity index (χ3n) is 2.37. The van der Waals surface area contributed by atoms with Crippen LogP contribution in [-0.2, 0) is 17.6 Å². The maximum Gasteiger partial charge on any atom is 0.123 e. The Morgan fingerprint density at radius 1 is 1.47 bits per heavy atom. The minimum absolute atomic E-state index is 0.524. The Morgan fingerprint density at radius 3 is 2.73 bits per heavy atom. The van der Waals surface area contributed by atoms with Gasteiger partial charge < -0.3 is 9.53 Å². The Morgan fingerprint density at radius 2 is 2.20 bits per heavy atom. The van der Waals surface area contributed by atoms with Crippen LogP contribution >= 0.6 is 11.6 Å². The lowest BCUT2D eigenvalue weighted by Crippen LogP contribution is -1.98. The monoisotopic (exact) mass is 226 g/mol. The molecule has 0 aliphatic carbocycles. The van der Waals surface area contributed by atoms with Crippen molar-refractivity contribution in [3.63, 3.8) is 0 Å². The van der Waals surface area contributed by atoms with Crippen molar-refractivity contribution in [1.82, 2.24) is 0 Å². The first-order valence-electron chi connectivity index (χ1n) is 5.01. The summed E-state index contributed by atoms with van der Waals surface area (Å²) in [7, 11) is 1.63. The van der Waals surface area contributed by atoms with Crippen molar-refractivity contribution in [2.24, 2.45) is 0 Å². The van der Waals surface area contributed by atoms with Crippen molar-refractivity contribution >= 4 is 17.9 Å². The van der Waals surface area contributed by atoms with Crippen molar-refractivity contribution in [3.05, 3.63) is 28.3 Å². The van der Waals surface area contributed by atoms with Crippen LogP contribution in [0.3, 0.4) is 0 Å². The molecule has 0 aromatic heterocycles. The predicted octanol–water partition coefficient (Wildman–Crippen LogP) is 3.04. The number of hydrogen-bond donors (Lipinski definition) is 0. The second-order valence-electron chi connectivity index (χ2n) is 3.30. The number of carbonyl (C=O) groups excluding carboxylic acids is 1. The Bertz CT molecular complexity index is 348. The number of methoxy groups -OCH3 is 1. The van der Waals surface area contributed by atoms with Gasteiger partial charge in [-0.05, 0) is 36.1 Å².